The van der Waals surface area contributed by atoms with Crippen LogP contribution in [0.25, 0.3) is 0 Å². The predicted octanol–water partition coefficient (Wildman–Crippen LogP) is 5.99. The van der Waals surface area contributed by atoms with Crippen LogP contribution in [0.1, 0.15) is 94.4 Å². The Morgan fingerprint density at radius 1 is 1.08 bits per heavy atom. The van der Waals surface area contributed by atoms with Gasteiger partial charge in [0.05, 0.1) is 5.41 Å². The summed E-state index contributed by atoms with van der Waals surface area (Å²) in [4.78, 5) is 13.5. The molecule has 0 aromatic carbocycles. The monoisotopic (exact) mass is 334 g/mol. The maximum absolute atomic E-state index is 13.5. The molecule has 0 amide bonds. The molecule has 138 valence electrons. The minimum absolute atomic E-state index is 0.0659. The van der Waals surface area contributed by atoms with Crippen molar-refractivity contribution >= 4 is 5.97 Å². The average molecular weight is 335 g/mol. The van der Waals surface area contributed by atoms with Gasteiger partial charge in [0.2, 0.25) is 0 Å². The molecule has 3 aliphatic rings. The van der Waals surface area contributed by atoms with Crippen LogP contribution >= 0.6 is 0 Å². The normalized spacial score (nSPS) is 45.3. The highest BCUT2D eigenvalue weighted by Crippen LogP contribution is 2.72. The molecular weight excluding hydrogens is 296 g/mol. The number of rotatable bonds is 3. The molecule has 2 nitrogen and oxygen atoms in total. The zero-order valence-corrected chi connectivity index (χ0v) is 17.4. The minimum atomic E-state index is -0.344. The van der Waals surface area contributed by atoms with E-state index in [9.17, 15) is 4.79 Å². The van der Waals surface area contributed by atoms with Crippen LogP contribution in [-0.2, 0) is 9.53 Å². The standard InChI is InChI=1S/C22H38O2/c1-17(2,3)13-22(14-18(22,4)5)16(23)24-21(9)19(6,7)15-10-11-20(21,8)12-15/h15H,10-14H2,1-9H3. The lowest BCUT2D eigenvalue weighted by molar-refractivity contribution is -0.201. The Balaban J connectivity index is 1.89. The molecule has 0 aromatic heterocycles. The number of hydrogen-bond acceptors (Lipinski definition) is 2. The molecule has 0 aromatic rings. The number of ether oxygens (including phenoxy) is 1. The summed E-state index contributed by atoms with van der Waals surface area (Å²) in [6.07, 6.45) is 5.57. The topological polar surface area (TPSA) is 26.3 Å². The molecule has 0 N–H and O–H groups in total. The van der Waals surface area contributed by atoms with E-state index in [0.717, 1.165) is 12.8 Å². The second-order valence-electron chi connectivity index (χ2n) is 12.0. The van der Waals surface area contributed by atoms with Gasteiger partial charge in [-0.25, -0.2) is 0 Å². The Bertz CT molecular complexity index is 560. The fraction of sp³-hybridized carbons (Fsp3) is 0.955. The zero-order chi connectivity index (χ0) is 18.4. The van der Waals surface area contributed by atoms with Crippen molar-refractivity contribution in [2.24, 2.45) is 33.0 Å². The van der Waals surface area contributed by atoms with Crippen LogP contribution in [-0.4, -0.2) is 11.6 Å². The van der Waals surface area contributed by atoms with Gasteiger partial charge in [0.25, 0.3) is 0 Å². The second kappa shape index (κ2) is 4.60. The number of esters is 1. The molecule has 24 heavy (non-hydrogen) atoms. The fourth-order valence-electron chi connectivity index (χ4n) is 6.33. The Labute approximate surface area is 149 Å². The molecule has 3 fully saturated rings. The summed E-state index contributed by atoms with van der Waals surface area (Å²) >= 11 is 0. The van der Waals surface area contributed by atoms with Crippen LogP contribution in [0, 0.1) is 33.0 Å². The van der Waals surface area contributed by atoms with Gasteiger partial charge in [-0.05, 0) is 55.8 Å². The molecule has 3 aliphatic carbocycles. The van der Waals surface area contributed by atoms with Crippen molar-refractivity contribution in [3.05, 3.63) is 0 Å². The van der Waals surface area contributed by atoms with E-state index in [2.05, 4.69) is 62.3 Å². The third-order valence-corrected chi connectivity index (χ3v) is 8.58. The first-order valence-corrected chi connectivity index (χ1v) is 9.84. The van der Waals surface area contributed by atoms with E-state index in [-0.39, 0.29) is 38.6 Å². The van der Waals surface area contributed by atoms with Crippen LogP contribution in [0.2, 0.25) is 0 Å². The van der Waals surface area contributed by atoms with Crippen molar-refractivity contribution in [2.75, 3.05) is 0 Å². The van der Waals surface area contributed by atoms with E-state index >= 15 is 0 Å². The van der Waals surface area contributed by atoms with Gasteiger partial charge in [-0.15, -0.1) is 0 Å². The summed E-state index contributed by atoms with van der Waals surface area (Å²) in [6, 6.07) is 0. The van der Waals surface area contributed by atoms with Crippen molar-refractivity contribution in [3.63, 3.8) is 0 Å². The minimum Gasteiger partial charge on any atom is -0.458 e. The third kappa shape index (κ3) is 2.16. The lowest BCUT2D eigenvalue weighted by Gasteiger charge is -2.51. The first-order chi connectivity index (χ1) is 10.6. The van der Waals surface area contributed by atoms with Crippen molar-refractivity contribution in [3.8, 4) is 0 Å². The summed E-state index contributed by atoms with van der Waals surface area (Å²) in [5.74, 6) is 0.762. The van der Waals surface area contributed by atoms with E-state index in [4.69, 9.17) is 4.74 Å². The first kappa shape index (κ1) is 18.3. The van der Waals surface area contributed by atoms with Gasteiger partial charge >= 0.3 is 5.97 Å². The smallest absolute Gasteiger partial charge is 0.313 e. The van der Waals surface area contributed by atoms with Crippen LogP contribution in [0.15, 0.2) is 0 Å². The molecule has 3 saturated carbocycles. The van der Waals surface area contributed by atoms with E-state index < -0.39 is 0 Å². The quantitative estimate of drug-likeness (QED) is 0.593. The van der Waals surface area contributed by atoms with E-state index in [1.54, 1.807) is 0 Å². The average Bonchev–Trinajstić information content (AvgIpc) is 2.70. The first-order valence-electron chi connectivity index (χ1n) is 9.84. The fourth-order valence-corrected chi connectivity index (χ4v) is 6.33. The van der Waals surface area contributed by atoms with Crippen molar-refractivity contribution in [2.45, 2.75) is 100 Å². The van der Waals surface area contributed by atoms with Crippen LogP contribution in [0.5, 0.6) is 0 Å². The Morgan fingerprint density at radius 2 is 1.62 bits per heavy atom. The van der Waals surface area contributed by atoms with Gasteiger partial charge in [-0.1, -0.05) is 55.4 Å². The van der Waals surface area contributed by atoms with Crippen LogP contribution < -0.4 is 0 Å². The van der Waals surface area contributed by atoms with Gasteiger partial charge in [0, 0.05) is 10.8 Å². The molecule has 3 rings (SSSR count). The summed E-state index contributed by atoms with van der Waals surface area (Å²) in [6.45, 7) is 20.4. The molecule has 4 atom stereocenters. The molecule has 2 heteroatoms. The second-order valence-corrected chi connectivity index (χ2v) is 12.0. The SMILES string of the molecule is CC(C)(C)CC1(C(=O)OC2(C)C3(C)CCC(C3)C2(C)C)CC1(C)C. The lowest BCUT2D eigenvalue weighted by Crippen LogP contribution is -2.55. The van der Waals surface area contributed by atoms with Gasteiger partial charge in [-0.3, -0.25) is 4.79 Å². The van der Waals surface area contributed by atoms with Gasteiger partial charge in [-0.2, -0.15) is 0 Å². The van der Waals surface area contributed by atoms with Gasteiger partial charge in [0.1, 0.15) is 5.60 Å². The maximum atomic E-state index is 13.5. The molecule has 0 radical (unpaired) electrons. The summed E-state index contributed by atoms with van der Waals surface area (Å²) in [5, 5.41) is 0. The summed E-state index contributed by atoms with van der Waals surface area (Å²) in [5.41, 5.74) is -0.222. The number of hydrogen-bond donors (Lipinski definition) is 0. The summed E-state index contributed by atoms with van der Waals surface area (Å²) < 4.78 is 6.52. The summed E-state index contributed by atoms with van der Waals surface area (Å²) in [7, 11) is 0. The highest BCUT2D eigenvalue weighted by atomic mass is 16.6. The van der Waals surface area contributed by atoms with Gasteiger partial charge < -0.3 is 4.74 Å². The molecule has 0 heterocycles. The molecule has 0 saturated heterocycles. The Morgan fingerprint density at radius 3 is 2.00 bits per heavy atom. The molecular formula is C22H38O2. The predicted molar refractivity (Wildman–Crippen MR) is 98.6 cm³/mol. The number of carbonyl (C=O) groups excluding carboxylic acids is 1. The van der Waals surface area contributed by atoms with E-state index in [0.29, 0.717) is 5.92 Å². The third-order valence-electron chi connectivity index (χ3n) is 8.58. The van der Waals surface area contributed by atoms with E-state index in [1.165, 1.54) is 19.3 Å². The Hall–Kier alpha value is -0.530. The highest BCUT2D eigenvalue weighted by Gasteiger charge is 2.73. The number of carbonyl (C=O) groups is 1. The van der Waals surface area contributed by atoms with Crippen molar-refractivity contribution in [1.29, 1.82) is 0 Å². The van der Waals surface area contributed by atoms with Crippen LogP contribution in [0.4, 0.5) is 0 Å². The van der Waals surface area contributed by atoms with Crippen molar-refractivity contribution in [1.82, 2.24) is 0 Å². The molecule has 4 unspecified atom stereocenters. The largest absolute Gasteiger partial charge is 0.458 e. The maximum Gasteiger partial charge on any atom is 0.313 e. The van der Waals surface area contributed by atoms with Crippen molar-refractivity contribution < 1.29 is 9.53 Å². The van der Waals surface area contributed by atoms with Crippen LogP contribution in [0.3, 0.4) is 0 Å². The van der Waals surface area contributed by atoms with E-state index in [1.807, 2.05) is 0 Å². The zero-order valence-electron chi connectivity index (χ0n) is 17.4. The molecule has 0 aliphatic heterocycles. The highest BCUT2D eigenvalue weighted by molar-refractivity contribution is 5.82. The lowest BCUT2D eigenvalue weighted by atomic mass is 9.61. The molecule has 2 bridgehead atoms. The number of fused-ring (bicyclic) bond motifs is 2. The van der Waals surface area contributed by atoms with Gasteiger partial charge in [0.15, 0.2) is 0 Å². The Kier molecular flexibility index (Phi) is 3.50. The molecule has 0 spiro atoms.